The molecular formula is C13H19N3. The van der Waals surface area contributed by atoms with Gasteiger partial charge < -0.3 is 10.3 Å². The Morgan fingerprint density at radius 1 is 1.38 bits per heavy atom. The Hall–Kier alpha value is -1.35. The van der Waals surface area contributed by atoms with Crippen LogP contribution >= 0.6 is 0 Å². The van der Waals surface area contributed by atoms with Gasteiger partial charge in [0.2, 0.25) is 0 Å². The normalized spacial score (nSPS) is 15.2. The van der Waals surface area contributed by atoms with Gasteiger partial charge in [0.15, 0.2) is 0 Å². The SMILES string of the molecule is CCC(C)(CN)c1nc2ccccc2n1C. The van der Waals surface area contributed by atoms with E-state index in [9.17, 15) is 0 Å². The Balaban J connectivity index is 2.65. The third-order valence-corrected chi connectivity index (χ3v) is 3.56. The Morgan fingerprint density at radius 3 is 2.62 bits per heavy atom. The average Bonchev–Trinajstić information content (AvgIpc) is 2.67. The fraction of sp³-hybridized carbons (Fsp3) is 0.462. The van der Waals surface area contributed by atoms with Crippen molar-refractivity contribution < 1.29 is 0 Å². The van der Waals surface area contributed by atoms with Crippen LogP contribution in [0.5, 0.6) is 0 Å². The number of imidazole rings is 1. The molecule has 1 heterocycles. The Morgan fingerprint density at radius 2 is 2.06 bits per heavy atom. The first-order chi connectivity index (χ1) is 7.62. The van der Waals surface area contributed by atoms with Gasteiger partial charge in [-0.2, -0.15) is 0 Å². The zero-order valence-corrected chi connectivity index (χ0v) is 10.2. The maximum Gasteiger partial charge on any atom is 0.116 e. The standard InChI is InChI=1S/C13H19N3/c1-4-13(2,9-14)12-15-10-7-5-6-8-11(10)16(12)3/h5-8H,4,9,14H2,1-3H3. The number of benzene rings is 1. The molecule has 2 rings (SSSR count). The van der Waals surface area contributed by atoms with Crippen molar-refractivity contribution in [3.8, 4) is 0 Å². The second-order valence-electron chi connectivity index (χ2n) is 4.60. The number of hydrogen-bond acceptors (Lipinski definition) is 2. The van der Waals surface area contributed by atoms with Crippen LogP contribution in [0.2, 0.25) is 0 Å². The predicted octanol–water partition coefficient (Wildman–Crippen LogP) is 2.20. The summed E-state index contributed by atoms with van der Waals surface area (Å²) in [4.78, 5) is 4.71. The summed E-state index contributed by atoms with van der Waals surface area (Å²) in [6.07, 6.45) is 1.00. The largest absolute Gasteiger partial charge is 0.331 e. The molecule has 2 aromatic rings. The fourth-order valence-corrected chi connectivity index (χ4v) is 2.08. The molecule has 0 radical (unpaired) electrons. The summed E-state index contributed by atoms with van der Waals surface area (Å²) < 4.78 is 2.16. The molecule has 0 fully saturated rings. The second-order valence-corrected chi connectivity index (χ2v) is 4.60. The first kappa shape index (κ1) is 11.1. The second kappa shape index (κ2) is 3.91. The summed E-state index contributed by atoms with van der Waals surface area (Å²) in [5.41, 5.74) is 8.07. The van der Waals surface area contributed by atoms with Gasteiger partial charge in [-0.15, -0.1) is 0 Å². The van der Waals surface area contributed by atoms with Crippen LogP contribution in [0, 0.1) is 0 Å². The van der Waals surface area contributed by atoms with E-state index in [2.05, 4.69) is 31.5 Å². The number of hydrogen-bond donors (Lipinski definition) is 1. The van der Waals surface area contributed by atoms with E-state index in [-0.39, 0.29) is 5.41 Å². The maximum atomic E-state index is 5.89. The summed E-state index contributed by atoms with van der Waals surface area (Å²) in [6, 6.07) is 8.20. The lowest BCUT2D eigenvalue weighted by Gasteiger charge is -2.25. The smallest absolute Gasteiger partial charge is 0.116 e. The van der Waals surface area contributed by atoms with Crippen LogP contribution < -0.4 is 5.73 Å². The molecule has 1 aromatic carbocycles. The quantitative estimate of drug-likeness (QED) is 0.856. The lowest BCUT2D eigenvalue weighted by atomic mass is 9.87. The summed E-state index contributed by atoms with van der Waals surface area (Å²) in [6.45, 7) is 4.96. The first-order valence-corrected chi connectivity index (χ1v) is 5.74. The van der Waals surface area contributed by atoms with Crippen LogP contribution in [0.15, 0.2) is 24.3 Å². The molecule has 86 valence electrons. The molecule has 1 atom stereocenters. The highest BCUT2D eigenvalue weighted by Gasteiger charge is 2.28. The van der Waals surface area contributed by atoms with Gasteiger partial charge >= 0.3 is 0 Å². The number of rotatable bonds is 3. The van der Waals surface area contributed by atoms with Crippen LogP contribution in [0.1, 0.15) is 26.1 Å². The minimum absolute atomic E-state index is 0.0340. The highest BCUT2D eigenvalue weighted by atomic mass is 15.1. The molecule has 0 spiro atoms. The van der Waals surface area contributed by atoms with Gasteiger partial charge in [-0.3, -0.25) is 0 Å². The molecule has 1 aromatic heterocycles. The lowest BCUT2D eigenvalue weighted by Crippen LogP contribution is -2.33. The molecule has 1 unspecified atom stereocenters. The van der Waals surface area contributed by atoms with E-state index < -0.39 is 0 Å². The summed E-state index contributed by atoms with van der Waals surface area (Å²) in [5, 5.41) is 0. The van der Waals surface area contributed by atoms with Crippen molar-refractivity contribution in [2.45, 2.75) is 25.7 Å². The van der Waals surface area contributed by atoms with Crippen molar-refractivity contribution >= 4 is 11.0 Å². The van der Waals surface area contributed by atoms with E-state index in [0.29, 0.717) is 6.54 Å². The maximum absolute atomic E-state index is 5.89. The molecular weight excluding hydrogens is 198 g/mol. The van der Waals surface area contributed by atoms with Crippen molar-refractivity contribution in [3.63, 3.8) is 0 Å². The van der Waals surface area contributed by atoms with Crippen molar-refractivity contribution in [3.05, 3.63) is 30.1 Å². The van der Waals surface area contributed by atoms with E-state index >= 15 is 0 Å². The van der Waals surface area contributed by atoms with Crippen LogP contribution in [0.3, 0.4) is 0 Å². The van der Waals surface area contributed by atoms with E-state index in [4.69, 9.17) is 10.7 Å². The molecule has 0 saturated heterocycles. The molecule has 2 N–H and O–H groups in total. The van der Waals surface area contributed by atoms with Gasteiger partial charge in [0.05, 0.1) is 11.0 Å². The number of aromatic nitrogens is 2. The molecule has 0 aliphatic carbocycles. The molecule has 0 aliphatic heterocycles. The van der Waals surface area contributed by atoms with Gasteiger partial charge in [0.1, 0.15) is 5.82 Å². The number of para-hydroxylation sites is 2. The molecule has 16 heavy (non-hydrogen) atoms. The molecule has 0 saturated carbocycles. The van der Waals surface area contributed by atoms with Crippen molar-refractivity contribution in [1.29, 1.82) is 0 Å². The van der Waals surface area contributed by atoms with Gasteiger partial charge in [-0.1, -0.05) is 26.0 Å². The van der Waals surface area contributed by atoms with Crippen LogP contribution in [0.25, 0.3) is 11.0 Å². The van der Waals surface area contributed by atoms with Crippen molar-refractivity contribution in [2.24, 2.45) is 12.8 Å². The van der Waals surface area contributed by atoms with Crippen molar-refractivity contribution in [2.75, 3.05) is 6.54 Å². The number of nitrogens with two attached hydrogens (primary N) is 1. The fourth-order valence-electron chi connectivity index (χ4n) is 2.08. The third kappa shape index (κ3) is 1.52. The summed E-state index contributed by atoms with van der Waals surface area (Å²) in [5.74, 6) is 1.08. The van der Waals surface area contributed by atoms with E-state index in [0.717, 1.165) is 17.8 Å². The Kier molecular flexibility index (Phi) is 2.72. The zero-order chi connectivity index (χ0) is 11.8. The summed E-state index contributed by atoms with van der Waals surface area (Å²) >= 11 is 0. The zero-order valence-electron chi connectivity index (χ0n) is 10.2. The molecule has 3 heteroatoms. The average molecular weight is 217 g/mol. The highest BCUT2D eigenvalue weighted by Crippen LogP contribution is 2.27. The van der Waals surface area contributed by atoms with Crippen LogP contribution in [0.4, 0.5) is 0 Å². The monoisotopic (exact) mass is 217 g/mol. The topological polar surface area (TPSA) is 43.8 Å². The molecule has 0 aliphatic rings. The van der Waals surface area contributed by atoms with Gasteiger partial charge in [-0.25, -0.2) is 4.98 Å². The van der Waals surface area contributed by atoms with Crippen LogP contribution in [-0.4, -0.2) is 16.1 Å². The van der Waals surface area contributed by atoms with E-state index in [1.54, 1.807) is 0 Å². The van der Waals surface area contributed by atoms with Gasteiger partial charge in [0.25, 0.3) is 0 Å². The molecule has 0 bridgehead atoms. The van der Waals surface area contributed by atoms with E-state index in [1.807, 2.05) is 18.2 Å². The van der Waals surface area contributed by atoms with Crippen molar-refractivity contribution in [1.82, 2.24) is 9.55 Å². The lowest BCUT2D eigenvalue weighted by molar-refractivity contribution is 0.427. The minimum Gasteiger partial charge on any atom is -0.331 e. The Labute approximate surface area is 96.3 Å². The summed E-state index contributed by atoms with van der Waals surface area (Å²) in [7, 11) is 2.06. The van der Waals surface area contributed by atoms with Gasteiger partial charge in [0, 0.05) is 19.0 Å². The highest BCUT2D eigenvalue weighted by molar-refractivity contribution is 5.76. The number of aryl methyl sites for hydroxylation is 1. The van der Waals surface area contributed by atoms with Crippen LogP contribution in [-0.2, 0) is 12.5 Å². The first-order valence-electron chi connectivity index (χ1n) is 5.74. The van der Waals surface area contributed by atoms with Gasteiger partial charge in [-0.05, 0) is 18.6 Å². The third-order valence-electron chi connectivity index (χ3n) is 3.56. The number of fused-ring (bicyclic) bond motifs is 1. The molecule has 0 amide bonds. The molecule has 3 nitrogen and oxygen atoms in total. The number of nitrogens with zero attached hydrogens (tertiary/aromatic N) is 2. The van der Waals surface area contributed by atoms with E-state index in [1.165, 1.54) is 5.52 Å². The Bertz CT molecular complexity index is 495. The minimum atomic E-state index is -0.0340. The predicted molar refractivity (Wildman–Crippen MR) is 67.4 cm³/mol.